The third kappa shape index (κ3) is 3.25. The lowest BCUT2D eigenvalue weighted by Crippen LogP contribution is -2.38. The van der Waals surface area contributed by atoms with Crippen molar-refractivity contribution in [2.24, 2.45) is 0 Å². The molecule has 3 N–H and O–H groups in total. The number of rotatable bonds is 3. The quantitative estimate of drug-likeness (QED) is 0.582. The third-order valence-corrected chi connectivity index (χ3v) is 2.17. The molecule has 0 saturated heterocycles. The lowest BCUT2D eigenvalue weighted by atomic mass is 9.77. The van der Waals surface area contributed by atoms with Gasteiger partial charge in [0.05, 0.1) is 0 Å². The summed E-state index contributed by atoms with van der Waals surface area (Å²) in [5.74, 6) is 0. The smallest absolute Gasteiger partial charge is 0.423 e. The topological polar surface area (TPSA) is 72.8 Å². The first-order valence-electron chi connectivity index (χ1n) is 4.91. The van der Waals surface area contributed by atoms with E-state index in [-0.39, 0.29) is 12.6 Å². The van der Waals surface area contributed by atoms with Gasteiger partial charge >= 0.3 is 13.1 Å². The van der Waals surface area contributed by atoms with Gasteiger partial charge in [-0.1, -0.05) is 24.3 Å². The molecule has 0 spiro atoms. The van der Waals surface area contributed by atoms with Gasteiger partial charge in [0.25, 0.3) is 0 Å². The Bertz CT molecular complexity index is 369. The van der Waals surface area contributed by atoms with E-state index in [1.807, 2.05) is 0 Å². The van der Waals surface area contributed by atoms with Gasteiger partial charge in [-0.25, -0.2) is 4.79 Å². The summed E-state index contributed by atoms with van der Waals surface area (Å²) in [5, 5.41) is 20.9. The molecule has 6 heteroatoms. The zero-order valence-corrected chi connectivity index (χ0v) is 9.34. The maximum Gasteiger partial charge on any atom is 0.488 e. The fourth-order valence-electron chi connectivity index (χ4n) is 1.28. The predicted molar refractivity (Wildman–Crippen MR) is 62.2 cm³/mol. The highest BCUT2D eigenvalue weighted by Gasteiger charge is 2.15. The molecule has 0 unspecified atom stereocenters. The van der Waals surface area contributed by atoms with E-state index in [9.17, 15) is 4.79 Å². The molecule has 1 aromatic carbocycles. The summed E-state index contributed by atoms with van der Waals surface area (Å²) < 4.78 is 0. The van der Waals surface area contributed by atoms with Crippen LogP contribution in [-0.2, 0) is 6.54 Å². The van der Waals surface area contributed by atoms with E-state index >= 15 is 0 Å². The van der Waals surface area contributed by atoms with Crippen LogP contribution in [0.25, 0.3) is 0 Å². The molecule has 1 aromatic rings. The number of nitrogens with one attached hydrogen (secondary N) is 1. The Hall–Kier alpha value is -1.53. The molecule has 0 aliphatic heterocycles. The summed E-state index contributed by atoms with van der Waals surface area (Å²) in [6, 6.07) is 6.63. The largest absolute Gasteiger partial charge is 0.488 e. The molecule has 2 amide bonds. The lowest BCUT2D eigenvalue weighted by Gasteiger charge is -2.13. The first-order chi connectivity index (χ1) is 7.52. The van der Waals surface area contributed by atoms with Gasteiger partial charge in [-0.3, -0.25) is 0 Å². The van der Waals surface area contributed by atoms with Gasteiger partial charge in [0, 0.05) is 20.6 Å². The summed E-state index contributed by atoms with van der Waals surface area (Å²) in [4.78, 5) is 12.7. The van der Waals surface area contributed by atoms with Gasteiger partial charge < -0.3 is 20.3 Å². The minimum Gasteiger partial charge on any atom is -0.423 e. The number of amides is 2. The van der Waals surface area contributed by atoms with Crippen molar-refractivity contribution in [3.63, 3.8) is 0 Å². The van der Waals surface area contributed by atoms with Crippen molar-refractivity contribution in [3.05, 3.63) is 29.8 Å². The van der Waals surface area contributed by atoms with Crippen LogP contribution in [-0.4, -0.2) is 42.2 Å². The second kappa shape index (κ2) is 5.53. The molecule has 5 nitrogen and oxygen atoms in total. The number of carbonyl (C=O) groups excluding carboxylic acids is 1. The number of nitrogens with zero attached hydrogens (tertiary/aromatic N) is 1. The average Bonchev–Trinajstić information content (AvgIpc) is 2.25. The summed E-state index contributed by atoms with van der Waals surface area (Å²) in [6.45, 7) is 0.269. The van der Waals surface area contributed by atoms with Crippen molar-refractivity contribution in [2.75, 3.05) is 14.1 Å². The van der Waals surface area contributed by atoms with Crippen LogP contribution in [0.3, 0.4) is 0 Å². The normalized spacial score (nSPS) is 9.75. The predicted octanol–water partition coefficient (Wildman–Crippen LogP) is -0.862. The molecule has 0 fully saturated rings. The molecule has 0 aliphatic rings. The number of hydrogen-bond acceptors (Lipinski definition) is 3. The zero-order valence-electron chi connectivity index (χ0n) is 9.34. The van der Waals surface area contributed by atoms with Crippen molar-refractivity contribution in [1.82, 2.24) is 10.2 Å². The van der Waals surface area contributed by atoms with Gasteiger partial charge in [-0.2, -0.15) is 0 Å². The van der Waals surface area contributed by atoms with Crippen LogP contribution in [0.15, 0.2) is 24.3 Å². The highest BCUT2D eigenvalue weighted by molar-refractivity contribution is 6.59. The van der Waals surface area contributed by atoms with E-state index in [1.165, 1.54) is 4.90 Å². The summed E-state index contributed by atoms with van der Waals surface area (Å²) in [6.07, 6.45) is 0. The molecule has 0 aliphatic carbocycles. The second-order valence-electron chi connectivity index (χ2n) is 3.63. The van der Waals surface area contributed by atoms with E-state index < -0.39 is 7.12 Å². The van der Waals surface area contributed by atoms with Crippen LogP contribution >= 0.6 is 0 Å². The fourth-order valence-corrected chi connectivity index (χ4v) is 1.28. The number of carbonyl (C=O) groups is 1. The highest BCUT2D eigenvalue weighted by Crippen LogP contribution is 1.97. The Balaban J connectivity index is 2.70. The highest BCUT2D eigenvalue weighted by atomic mass is 16.4. The van der Waals surface area contributed by atoms with Crippen LogP contribution in [0.4, 0.5) is 4.79 Å². The van der Waals surface area contributed by atoms with Crippen molar-refractivity contribution in [2.45, 2.75) is 6.54 Å². The van der Waals surface area contributed by atoms with Gasteiger partial charge in [-0.05, 0) is 11.0 Å². The van der Waals surface area contributed by atoms with Crippen molar-refractivity contribution in [1.29, 1.82) is 0 Å². The molecular formula is C10H15BN2O3. The van der Waals surface area contributed by atoms with Crippen LogP contribution < -0.4 is 10.8 Å². The van der Waals surface area contributed by atoms with E-state index in [2.05, 4.69) is 5.32 Å². The Morgan fingerprint density at radius 3 is 2.56 bits per heavy atom. The average molecular weight is 222 g/mol. The zero-order chi connectivity index (χ0) is 12.1. The first-order valence-corrected chi connectivity index (χ1v) is 4.91. The Labute approximate surface area is 94.8 Å². The van der Waals surface area contributed by atoms with Crippen molar-refractivity contribution >= 4 is 18.6 Å². The van der Waals surface area contributed by atoms with E-state index in [0.29, 0.717) is 11.0 Å². The Kier molecular flexibility index (Phi) is 4.33. The summed E-state index contributed by atoms with van der Waals surface area (Å²) in [7, 11) is 1.76. The summed E-state index contributed by atoms with van der Waals surface area (Å²) >= 11 is 0. The lowest BCUT2D eigenvalue weighted by molar-refractivity contribution is 0.217. The fraction of sp³-hybridized carbons (Fsp3) is 0.300. The van der Waals surface area contributed by atoms with E-state index in [0.717, 1.165) is 0 Å². The maximum atomic E-state index is 11.3. The molecule has 16 heavy (non-hydrogen) atoms. The van der Waals surface area contributed by atoms with Gasteiger partial charge in [0.1, 0.15) is 0 Å². The van der Waals surface area contributed by atoms with Crippen LogP contribution in [0.5, 0.6) is 0 Å². The van der Waals surface area contributed by atoms with Crippen LogP contribution in [0.2, 0.25) is 0 Å². The molecule has 1 rings (SSSR count). The van der Waals surface area contributed by atoms with Gasteiger partial charge in [0.15, 0.2) is 0 Å². The molecule has 0 aromatic heterocycles. The van der Waals surface area contributed by atoms with Crippen molar-refractivity contribution in [3.8, 4) is 0 Å². The molecule has 0 bridgehead atoms. The van der Waals surface area contributed by atoms with Crippen LogP contribution in [0, 0.1) is 0 Å². The van der Waals surface area contributed by atoms with Gasteiger partial charge in [0.2, 0.25) is 0 Å². The van der Waals surface area contributed by atoms with E-state index in [1.54, 1.807) is 38.4 Å². The molecule has 0 radical (unpaired) electrons. The molecule has 0 atom stereocenters. The molecule has 0 heterocycles. The first kappa shape index (κ1) is 12.5. The number of hydrogen-bond donors (Lipinski definition) is 3. The van der Waals surface area contributed by atoms with E-state index in [4.69, 9.17) is 10.0 Å². The number of urea groups is 1. The Morgan fingerprint density at radius 1 is 1.38 bits per heavy atom. The standard InChI is InChI=1S/C10H15BN2O3/c1-13(2)10(14)12-7-8-5-3-4-6-9(8)11(15)16/h3-6,15-16H,7H2,1-2H3,(H,12,14). The minimum absolute atomic E-state index is 0.220. The summed E-state index contributed by atoms with van der Waals surface area (Å²) in [5.41, 5.74) is 1.09. The molecule has 86 valence electrons. The monoisotopic (exact) mass is 222 g/mol. The molecular weight excluding hydrogens is 207 g/mol. The van der Waals surface area contributed by atoms with Crippen molar-refractivity contribution < 1.29 is 14.8 Å². The minimum atomic E-state index is -1.52. The molecule has 0 saturated carbocycles. The third-order valence-electron chi connectivity index (χ3n) is 2.17. The maximum absolute atomic E-state index is 11.3. The number of benzene rings is 1. The second-order valence-corrected chi connectivity index (χ2v) is 3.63. The Morgan fingerprint density at radius 2 is 2.00 bits per heavy atom. The SMILES string of the molecule is CN(C)C(=O)NCc1ccccc1B(O)O. The van der Waals surface area contributed by atoms with Crippen LogP contribution in [0.1, 0.15) is 5.56 Å². The van der Waals surface area contributed by atoms with Gasteiger partial charge in [-0.15, -0.1) is 0 Å².